The van der Waals surface area contributed by atoms with Gasteiger partial charge in [0.05, 0.1) is 11.3 Å². The van der Waals surface area contributed by atoms with E-state index >= 15 is 0 Å². The molecule has 0 saturated heterocycles. The average Bonchev–Trinajstić information content (AvgIpc) is 2.36. The minimum Gasteiger partial charge on any atom is -0.255 e. The zero-order valence-electron chi connectivity index (χ0n) is 10.1. The van der Waals surface area contributed by atoms with Gasteiger partial charge in [-0.3, -0.25) is 4.98 Å². The number of nitrogens with zero attached hydrogens (tertiary/aromatic N) is 1. The van der Waals surface area contributed by atoms with E-state index in [0.29, 0.717) is 18.2 Å². The molecule has 0 saturated carbocycles. The Labute approximate surface area is 114 Å². The predicted octanol–water partition coefficient (Wildman–Crippen LogP) is 4.93. The second kappa shape index (κ2) is 5.01. The first kappa shape index (κ1) is 15.3. The van der Waals surface area contributed by atoms with Crippen molar-refractivity contribution in [2.24, 2.45) is 0 Å². The van der Waals surface area contributed by atoms with E-state index < -0.39 is 35.0 Å². The van der Waals surface area contributed by atoms with Crippen LogP contribution in [0.25, 0.3) is 11.3 Å². The van der Waals surface area contributed by atoms with Crippen molar-refractivity contribution in [1.29, 1.82) is 0 Å². The Balaban J connectivity index is 2.56. The maximum absolute atomic E-state index is 13.4. The number of aromatic nitrogens is 1. The lowest BCUT2D eigenvalue weighted by Gasteiger charge is -2.13. The first-order valence-electron chi connectivity index (χ1n) is 5.50. The van der Waals surface area contributed by atoms with E-state index in [1.807, 2.05) is 0 Å². The van der Waals surface area contributed by atoms with Crippen molar-refractivity contribution in [2.75, 3.05) is 0 Å². The molecule has 112 valence electrons. The molecule has 0 aliphatic rings. The maximum atomic E-state index is 13.4. The van der Waals surface area contributed by atoms with Gasteiger partial charge in [-0.15, -0.1) is 0 Å². The molecule has 8 heteroatoms. The molecular weight excluding hydrogens is 303 g/mol. The highest BCUT2D eigenvalue weighted by Crippen LogP contribution is 2.38. The van der Waals surface area contributed by atoms with Gasteiger partial charge in [-0.05, 0) is 18.2 Å². The van der Waals surface area contributed by atoms with Crippen LogP contribution >= 0.6 is 0 Å². The van der Waals surface area contributed by atoms with Crippen molar-refractivity contribution in [3.63, 3.8) is 0 Å². The number of pyridine rings is 1. The van der Waals surface area contributed by atoms with Crippen LogP contribution in [0.4, 0.5) is 30.7 Å². The molecule has 0 spiro atoms. The Morgan fingerprint density at radius 1 is 0.762 bits per heavy atom. The SMILES string of the molecule is Fc1ccnc(-c2ccc(C(F)(F)F)cc2)c1C(F)(F)F. The average molecular weight is 309 g/mol. The molecule has 2 aromatic rings. The Kier molecular flexibility index (Phi) is 3.65. The lowest BCUT2D eigenvalue weighted by atomic mass is 10.0. The van der Waals surface area contributed by atoms with Gasteiger partial charge in [0, 0.05) is 11.8 Å². The number of hydrogen-bond donors (Lipinski definition) is 0. The first-order chi connectivity index (χ1) is 9.60. The largest absolute Gasteiger partial charge is 0.421 e. The fourth-order valence-corrected chi connectivity index (χ4v) is 1.74. The summed E-state index contributed by atoms with van der Waals surface area (Å²) < 4.78 is 89.0. The molecule has 0 aliphatic heterocycles. The van der Waals surface area contributed by atoms with E-state index in [1.165, 1.54) is 0 Å². The summed E-state index contributed by atoms with van der Waals surface area (Å²) >= 11 is 0. The van der Waals surface area contributed by atoms with Gasteiger partial charge in [0.15, 0.2) is 0 Å². The fraction of sp³-hybridized carbons (Fsp3) is 0.154. The third-order valence-electron chi connectivity index (χ3n) is 2.67. The van der Waals surface area contributed by atoms with Gasteiger partial charge in [-0.25, -0.2) is 4.39 Å². The summed E-state index contributed by atoms with van der Waals surface area (Å²) in [6.45, 7) is 0. The van der Waals surface area contributed by atoms with E-state index in [9.17, 15) is 30.7 Å². The van der Waals surface area contributed by atoms with Crippen LogP contribution in [0.3, 0.4) is 0 Å². The number of rotatable bonds is 1. The van der Waals surface area contributed by atoms with Gasteiger partial charge in [-0.2, -0.15) is 26.3 Å². The molecule has 1 heterocycles. The molecule has 0 N–H and O–H groups in total. The molecule has 0 amide bonds. The van der Waals surface area contributed by atoms with E-state index in [1.54, 1.807) is 0 Å². The molecule has 1 nitrogen and oxygen atoms in total. The minimum absolute atomic E-state index is 0.255. The van der Waals surface area contributed by atoms with E-state index in [4.69, 9.17) is 0 Å². The third-order valence-corrected chi connectivity index (χ3v) is 2.67. The third kappa shape index (κ3) is 3.14. The van der Waals surface area contributed by atoms with Crippen LogP contribution in [-0.2, 0) is 12.4 Å². The normalized spacial score (nSPS) is 12.5. The van der Waals surface area contributed by atoms with Crippen LogP contribution in [0.1, 0.15) is 11.1 Å². The van der Waals surface area contributed by atoms with E-state index in [-0.39, 0.29) is 5.56 Å². The van der Waals surface area contributed by atoms with Gasteiger partial charge in [0.2, 0.25) is 0 Å². The highest BCUT2D eigenvalue weighted by molar-refractivity contribution is 5.64. The molecule has 0 atom stereocenters. The molecule has 2 rings (SSSR count). The van der Waals surface area contributed by atoms with Gasteiger partial charge in [-0.1, -0.05) is 12.1 Å². The summed E-state index contributed by atoms with van der Waals surface area (Å²) in [7, 11) is 0. The molecule has 0 aliphatic carbocycles. The van der Waals surface area contributed by atoms with Crippen molar-refractivity contribution < 1.29 is 30.7 Å². The first-order valence-corrected chi connectivity index (χ1v) is 5.50. The van der Waals surface area contributed by atoms with Gasteiger partial charge >= 0.3 is 12.4 Å². The summed E-state index contributed by atoms with van der Waals surface area (Å²) in [6, 6.07) is 3.40. The molecular formula is C13H6F7N. The molecule has 0 bridgehead atoms. The molecule has 1 aromatic carbocycles. The number of halogens is 7. The quantitative estimate of drug-likeness (QED) is 0.681. The van der Waals surface area contributed by atoms with E-state index in [2.05, 4.69) is 4.98 Å². The van der Waals surface area contributed by atoms with Crippen molar-refractivity contribution in [3.05, 3.63) is 53.5 Å². The standard InChI is InChI=1S/C13H6F7N/c14-9-5-6-21-11(10(9)13(18,19)20)7-1-3-8(4-2-7)12(15,16)17/h1-6H. The van der Waals surface area contributed by atoms with Crippen LogP contribution in [0.5, 0.6) is 0 Å². The topological polar surface area (TPSA) is 12.9 Å². The zero-order valence-corrected chi connectivity index (χ0v) is 10.1. The summed E-state index contributed by atoms with van der Waals surface area (Å²) in [6.07, 6.45) is -8.80. The number of hydrogen-bond acceptors (Lipinski definition) is 1. The Hall–Kier alpha value is -2.12. The summed E-state index contributed by atoms with van der Waals surface area (Å²) in [5, 5.41) is 0. The maximum Gasteiger partial charge on any atom is 0.421 e. The van der Waals surface area contributed by atoms with Crippen molar-refractivity contribution in [3.8, 4) is 11.3 Å². The van der Waals surface area contributed by atoms with Crippen molar-refractivity contribution in [2.45, 2.75) is 12.4 Å². The van der Waals surface area contributed by atoms with Gasteiger partial charge < -0.3 is 0 Å². The number of benzene rings is 1. The number of alkyl halides is 6. The van der Waals surface area contributed by atoms with Crippen molar-refractivity contribution in [1.82, 2.24) is 4.98 Å². The highest BCUT2D eigenvalue weighted by Gasteiger charge is 2.38. The minimum atomic E-state index is -5.00. The predicted molar refractivity (Wildman–Crippen MR) is 59.6 cm³/mol. The molecule has 0 fully saturated rings. The van der Waals surface area contributed by atoms with Gasteiger partial charge in [0.1, 0.15) is 11.4 Å². The van der Waals surface area contributed by atoms with Crippen LogP contribution in [0.2, 0.25) is 0 Å². The summed E-state index contributed by atoms with van der Waals surface area (Å²) in [4.78, 5) is 3.43. The summed E-state index contributed by atoms with van der Waals surface area (Å²) in [5.41, 5.74) is -3.63. The zero-order chi connectivity index (χ0) is 15.8. The molecule has 0 unspecified atom stereocenters. The summed E-state index contributed by atoms with van der Waals surface area (Å²) in [5.74, 6) is -1.53. The lowest BCUT2D eigenvalue weighted by molar-refractivity contribution is -0.140. The Bertz CT molecular complexity index is 641. The van der Waals surface area contributed by atoms with Crippen LogP contribution in [-0.4, -0.2) is 4.98 Å². The monoisotopic (exact) mass is 309 g/mol. The van der Waals surface area contributed by atoms with Crippen LogP contribution < -0.4 is 0 Å². The second-order valence-electron chi connectivity index (χ2n) is 4.09. The molecule has 1 aromatic heterocycles. The van der Waals surface area contributed by atoms with Crippen LogP contribution in [0, 0.1) is 5.82 Å². The van der Waals surface area contributed by atoms with Crippen molar-refractivity contribution >= 4 is 0 Å². The molecule has 0 radical (unpaired) electrons. The lowest BCUT2D eigenvalue weighted by Crippen LogP contribution is -2.11. The second-order valence-corrected chi connectivity index (χ2v) is 4.09. The fourth-order valence-electron chi connectivity index (χ4n) is 1.74. The smallest absolute Gasteiger partial charge is 0.255 e. The Morgan fingerprint density at radius 3 is 1.81 bits per heavy atom. The van der Waals surface area contributed by atoms with Crippen LogP contribution in [0.15, 0.2) is 36.5 Å². The molecule has 21 heavy (non-hydrogen) atoms. The Morgan fingerprint density at radius 2 is 1.33 bits per heavy atom. The highest BCUT2D eigenvalue weighted by atomic mass is 19.4. The van der Waals surface area contributed by atoms with E-state index in [0.717, 1.165) is 18.3 Å². The van der Waals surface area contributed by atoms with Gasteiger partial charge in [0.25, 0.3) is 0 Å².